The van der Waals surface area contributed by atoms with Crippen molar-refractivity contribution in [2.24, 2.45) is 0 Å². The van der Waals surface area contributed by atoms with Crippen LogP contribution in [-0.4, -0.2) is 22.0 Å². The van der Waals surface area contributed by atoms with Crippen molar-refractivity contribution in [3.63, 3.8) is 0 Å². The molecule has 118 valence electrons. The Morgan fingerprint density at radius 3 is 2.87 bits per heavy atom. The summed E-state index contributed by atoms with van der Waals surface area (Å²) in [5, 5.41) is 1.79. The summed E-state index contributed by atoms with van der Waals surface area (Å²) in [6.07, 6.45) is -0.756. The van der Waals surface area contributed by atoms with Gasteiger partial charge in [0.25, 0.3) is 5.56 Å². The van der Waals surface area contributed by atoms with Gasteiger partial charge in [-0.1, -0.05) is 18.2 Å². The summed E-state index contributed by atoms with van der Waals surface area (Å²) >= 11 is 1.32. The first-order valence-electron chi connectivity index (χ1n) is 6.98. The molecule has 0 aliphatic rings. The number of nitrogens with zero attached hydrogens (tertiary/aromatic N) is 1. The topological polar surface area (TPSA) is 81.3 Å². The van der Waals surface area contributed by atoms with Gasteiger partial charge in [-0.15, -0.1) is 11.3 Å². The van der Waals surface area contributed by atoms with E-state index in [4.69, 9.17) is 9.47 Å². The van der Waals surface area contributed by atoms with Crippen LogP contribution in [-0.2, 0) is 16.1 Å². The monoisotopic (exact) mass is 330 g/mol. The first kappa shape index (κ1) is 15.2. The average Bonchev–Trinajstić information content (AvgIpc) is 3.02. The highest BCUT2D eigenvalue weighted by Gasteiger charge is 2.17. The number of carbonyl (C=O) groups excluding carboxylic acids is 1. The lowest BCUT2D eigenvalue weighted by Crippen LogP contribution is -2.26. The van der Waals surface area contributed by atoms with Crippen LogP contribution in [0.2, 0.25) is 0 Å². The van der Waals surface area contributed by atoms with Gasteiger partial charge in [0.05, 0.1) is 5.52 Å². The molecule has 0 bridgehead atoms. The summed E-state index contributed by atoms with van der Waals surface area (Å²) in [4.78, 5) is 30.6. The van der Waals surface area contributed by atoms with Crippen molar-refractivity contribution in [2.45, 2.75) is 19.6 Å². The van der Waals surface area contributed by atoms with Gasteiger partial charge in [-0.25, -0.2) is 9.78 Å². The first-order chi connectivity index (χ1) is 11.1. The number of fused-ring (bicyclic) bond motifs is 1. The maximum atomic E-state index is 12.0. The standard InChI is InChI=1S/C16H14N2O4S/c1-10(22-11-5-3-2-4-6-11)16(20)21-9-13-17-12-7-8-23-14(12)15(19)18-13/h2-8,10H,9H2,1H3,(H,17,18,19)/t10-/m0/s1. The van der Waals surface area contributed by atoms with Crippen molar-refractivity contribution in [3.05, 3.63) is 58.0 Å². The van der Waals surface area contributed by atoms with Crippen LogP contribution < -0.4 is 10.3 Å². The van der Waals surface area contributed by atoms with Crippen LogP contribution in [0, 0.1) is 0 Å². The molecule has 0 unspecified atom stereocenters. The minimum absolute atomic E-state index is 0.109. The first-order valence-corrected chi connectivity index (χ1v) is 7.86. The van der Waals surface area contributed by atoms with E-state index in [0.717, 1.165) is 0 Å². The van der Waals surface area contributed by atoms with Crippen LogP contribution >= 0.6 is 11.3 Å². The smallest absolute Gasteiger partial charge is 0.347 e. The third-order valence-electron chi connectivity index (χ3n) is 3.10. The number of carbonyl (C=O) groups is 1. The van der Waals surface area contributed by atoms with E-state index in [-0.39, 0.29) is 12.2 Å². The fourth-order valence-electron chi connectivity index (χ4n) is 2.00. The van der Waals surface area contributed by atoms with E-state index in [1.54, 1.807) is 30.5 Å². The molecule has 23 heavy (non-hydrogen) atoms. The Morgan fingerprint density at radius 2 is 2.09 bits per heavy atom. The number of hydrogen-bond donors (Lipinski definition) is 1. The Labute approximate surface area is 135 Å². The molecule has 1 N–H and O–H groups in total. The molecule has 0 saturated carbocycles. The van der Waals surface area contributed by atoms with Crippen molar-refractivity contribution < 1.29 is 14.3 Å². The average molecular weight is 330 g/mol. The van der Waals surface area contributed by atoms with Crippen LogP contribution in [0.5, 0.6) is 5.75 Å². The molecule has 0 amide bonds. The van der Waals surface area contributed by atoms with E-state index in [0.29, 0.717) is 21.8 Å². The molecule has 3 rings (SSSR count). The van der Waals surface area contributed by atoms with Crippen molar-refractivity contribution in [1.29, 1.82) is 0 Å². The fraction of sp³-hybridized carbons (Fsp3) is 0.188. The molecule has 7 heteroatoms. The Bertz CT molecular complexity index is 872. The molecular formula is C16H14N2O4S. The summed E-state index contributed by atoms with van der Waals surface area (Å²) in [7, 11) is 0. The minimum atomic E-state index is -0.756. The van der Waals surface area contributed by atoms with Crippen LogP contribution in [0.3, 0.4) is 0 Å². The largest absolute Gasteiger partial charge is 0.479 e. The molecule has 2 aromatic heterocycles. The molecule has 0 aliphatic heterocycles. The molecule has 2 heterocycles. The predicted molar refractivity (Wildman–Crippen MR) is 86.6 cm³/mol. The summed E-state index contributed by atoms with van der Waals surface area (Å²) in [6.45, 7) is 1.50. The second kappa shape index (κ2) is 6.62. The zero-order valence-corrected chi connectivity index (χ0v) is 13.1. The number of aromatic amines is 1. The fourth-order valence-corrected chi connectivity index (χ4v) is 2.72. The molecular weight excluding hydrogens is 316 g/mol. The number of para-hydroxylation sites is 1. The number of nitrogens with one attached hydrogen (secondary N) is 1. The third kappa shape index (κ3) is 3.57. The van der Waals surface area contributed by atoms with Crippen LogP contribution in [0.4, 0.5) is 0 Å². The van der Waals surface area contributed by atoms with Crippen molar-refractivity contribution >= 4 is 27.5 Å². The molecule has 3 aromatic rings. The summed E-state index contributed by atoms with van der Waals surface area (Å²) in [6, 6.07) is 10.8. The number of esters is 1. The highest BCUT2D eigenvalue weighted by atomic mass is 32.1. The lowest BCUT2D eigenvalue weighted by atomic mass is 10.3. The Kier molecular flexibility index (Phi) is 4.38. The highest BCUT2D eigenvalue weighted by Crippen LogP contribution is 2.14. The maximum absolute atomic E-state index is 12.0. The summed E-state index contributed by atoms with van der Waals surface area (Å²) in [5.41, 5.74) is 0.364. The van der Waals surface area contributed by atoms with Crippen molar-refractivity contribution in [3.8, 4) is 5.75 Å². The SMILES string of the molecule is C[C@H](Oc1ccccc1)C(=O)OCc1nc2ccsc2c(=O)[nH]1. The van der Waals surface area contributed by atoms with E-state index < -0.39 is 12.1 Å². The van der Waals surface area contributed by atoms with Crippen LogP contribution in [0.1, 0.15) is 12.7 Å². The van der Waals surface area contributed by atoms with Crippen molar-refractivity contribution in [2.75, 3.05) is 0 Å². The normalized spacial score (nSPS) is 12.0. The van der Waals surface area contributed by atoms with Gasteiger partial charge in [0.1, 0.15) is 22.9 Å². The highest BCUT2D eigenvalue weighted by molar-refractivity contribution is 7.17. The van der Waals surface area contributed by atoms with Gasteiger partial charge < -0.3 is 14.5 Å². The molecule has 1 aromatic carbocycles. The zero-order valence-electron chi connectivity index (χ0n) is 12.3. The van der Waals surface area contributed by atoms with Crippen LogP contribution in [0.15, 0.2) is 46.6 Å². The van der Waals surface area contributed by atoms with Crippen molar-refractivity contribution in [1.82, 2.24) is 9.97 Å². The summed E-state index contributed by atoms with van der Waals surface area (Å²) in [5.74, 6) is 0.367. The van der Waals surface area contributed by atoms with Gasteiger partial charge in [0, 0.05) is 0 Å². The van der Waals surface area contributed by atoms with Gasteiger partial charge in [-0.05, 0) is 30.5 Å². The number of rotatable bonds is 5. The molecule has 0 aliphatic carbocycles. The van der Waals surface area contributed by atoms with Gasteiger partial charge >= 0.3 is 5.97 Å². The number of ether oxygens (including phenoxy) is 2. The predicted octanol–water partition coefficient (Wildman–Crippen LogP) is 2.50. The minimum Gasteiger partial charge on any atom is -0.479 e. The molecule has 0 saturated heterocycles. The number of thiophene rings is 1. The molecule has 0 fully saturated rings. The van der Waals surface area contributed by atoms with Gasteiger partial charge in [-0.3, -0.25) is 4.79 Å². The Balaban J connectivity index is 1.62. The van der Waals surface area contributed by atoms with Gasteiger partial charge in [0.15, 0.2) is 6.10 Å². The molecule has 0 spiro atoms. The van der Waals surface area contributed by atoms with E-state index in [1.807, 2.05) is 18.2 Å². The molecule has 6 nitrogen and oxygen atoms in total. The number of H-pyrrole nitrogens is 1. The van der Waals surface area contributed by atoms with E-state index >= 15 is 0 Å². The second-order valence-electron chi connectivity index (χ2n) is 4.83. The molecule has 0 radical (unpaired) electrons. The number of benzene rings is 1. The number of aromatic nitrogens is 2. The molecule has 1 atom stereocenters. The lowest BCUT2D eigenvalue weighted by molar-refractivity contribution is -0.152. The second-order valence-corrected chi connectivity index (χ2v) is 5.74. The lowest BCUT2D eigenvalue weighted by Gasteiger charge is -2.13. The number of hydrogen-bond acceptors (Lipinski definition) is 6. The zero-order chi connectivity index (χ0) is 16.2. The Morgan fingerprint density at radius 1 is 1.30 bits per heavy atom. The van der Waals surface area contributed by atoms with E-state index in [9.17, 15) is 9.59 Å². The van der Waals surface area contributed by atoms with E-state index in [2.05, 4.69) is 9.97 Å². The quantitative estimate of drug-likeness (QED) is 0.727. The van der Waals surface area contributed by atoms with Gasteiger partial charge in [-0.2, -0.15) is 0 Å². The van der Waals surface area contributed by atoms with E-state index in [1.165, 1.54) is 11.3 Å². The Hall–Kier alpha value is -2.67. The van der Waals surface area contributed by atoms with Gasteiger partial charge in [0.2, 0.25) is 0 Å². The third-order valence-corrected chi connectivity index (χ3v) is 4.01. The summed E-state index contributed by atoms with van der Waals surface area (Å²) < 4.78 is 11.2. The van der Waals surface area contributed by atoms with Crippen LogP contribution in [0.25, 0.3) is 10.2 Å². The maximum Gasteiger partial charge on any atom is 0.347 e.